The standard InChI is InChI=1S/C13H19N5O3S/c1-8-12(9(2)17(4)15-8)22(19,20)18-6-5-11(7-18)13-14-10(3)16-21-13/h11H,5-7H2,1-4H3. The summed E-state index contributed by atoms with van der Waals surface area (Å²) in [5.74, 6) is 1.03. The zero-order chi connectivity index (χ0) is 16.1. The first-order chi connectivity index (χ1) is 10.3. The van der Waals surface area contributed by atoms with Gasteiger partial charge in [-0.25, -0.2) is 8.42 Å². The predicted octanol–water partition coefficient (Wildman–Crippen LogP) is 0.907. The first-order valence-corrected chi connectivity index (χ1v) is 8.55. The highest BCUT2D eigenvalue weighted by Crippen LogP contribution is 2.32. The van der Waals surface area contributed by atoms with E-state index < -0.39 is 10.0 Å². The topological polar surface area (TPSA) is 94.1 Å². The normalized spacial score (nSPS) is 19.9. The van der Waals surface area contributed by atoms with E-state index >= 15 is 0 Å². The summed E-state index contributed by atoms with van der Waals surface area (Å²) in [6, 6.07) is 0. The minimum Gasteiger partial charge on any atom is -0.339 e. The lowest BCUT2D eigenvalue weighted by molar-refractivity contribution is 0.351. The fraction of sp³-hybridized carbons (Fsp3) is 0.615. The van der Waals surface area contributed by atoms with Crippen molar-refractivity contribution in [1.29, 1.82) is 0 Å². The predicted molar refractivity (Wildman–Crippen MR) is 77.8 cm³/mol. The largest absolute Gasteiger partial charge is 0.339 e. The van der Waals surface area contributed by atoms with Gasteiger partial charge in [0.15, 0.2) is 5.82 Å². The quantitative estimate of drug-likeness (QED) is 0.832. The van der Waals surface area contributed by atoms with Crippen molar-refractivity contribution in [3.8, 4) is 0 Å². The molecule has 0 aliphatic carbocycles. The molecule has 1 saturated heterocycles. The van der Waals surface area contributed by atoms with Crippen LogP contribution in [0, 0.1) is 20.8 Å². The third-order valence-corrected chi connectivity index (χ3v) is 6.20. The minimum absolute atomic E-state index is 0.0479. The smallest absolute Gasteiger partial charge is 0.246 e. The fourth-order valence-electron chi connectivity index (χ4n) is 2.88. The van der Waals surface area contributed by atoms with Crippen molar-refractivity contribution in [2.45, 2.75) is 38.0 Å². The third-order valence-electron chi connectivity index (χ3n) is 4.08. The van der Waals surface area contributed by atoms with Crippen LogP contribution in [0.1, 0.15) is 35.4 Å². The SMILES string of the molecule is Cc1noc(C2CCN(S(=O)(=O)c3c(C)nn(C)c3C)C2)n1. The lowest BCUT2D eigenvalue weighted by atomic mass is 10.1. The molecule has 1 atom stereocenters. The molecule has 0 amide bonds. The number of hydrogen-bond donors (Lipinski definition) is 0. The van der Waals surface area contributed by atoms with Gasteiger partial charge in [0.2, 0.25) is 15.9 Å². The van der Waals surface area contributed by atoms with Gasteiger partial charge in [-0.3, -0.25) is 4.68 Å². The molecule has 0 bridgehead atoms. The summed E-state index contributed by atoms with van der Waals surface area (Å²) in [5.41, 5.74) is 1.17. The minimum atomic E-state index is -3.55. The highest BCUT2D eigenvalue weighted by Gasteiger charge is 2.38. The average molecular weight is 325 g/mol. The summed E-state index contributed by atoms with van der Waals surface area (Å²) >= 11 is 0. The maximum absolute atomic E-state index is 12.9. The van der Waals surface area contributed by atoms with Gasteiger partial charge >= 0.3 is 0 Å². The molecule has 1 aliphatic heterocycles. The Labute approximate surface area is 129 Å². The van der Waals surface area contributed by atoms with Crippen molar-refractivity contribution in [1.82, 2.24) is 24.2 Å². The second-order valence-electron chi connectivity index (χ2n) is 5.65. The van der Waals surface area contributed by atoms with Crippen LogP contribution in [0.25, 0.3) is 0 Å². The van der Waals surface area contributed by atoms with Crippen molar-refractivity contribution in [3.05, 3.63) is 23.1 Å². The van der Waals surface area contributed by atoms with Crippen molar-refractivity contribution in [2.75, 3.05) is 13.1 Å². The summed E-state index contributed by atoms with van der Waals surface area (Å²) in [7, 11) is -1.81. The second kappa shape index (κ2) is 5.17. The van der Waals surface area contributed by atoms with Gasteiger partial charge in [0.25, 0.3) is 0 Å². The van der Waals surface area contributed by atoms with E-state index in [9.17, 15) is 8.42 Å². The van der Waals surface area contributed by atoms with E-state index in [1.54, 1.807) is 32.5 Å². The van der Waals surface area contributed by atoms with Gasteiger partial charge in [-0.05, 0) is 27.2 Å². The number of rotatable bonds is 3. The fourth-order valence-corrected chi connectivity index (χ4v) is 4.78. The molecule has 8 nitrogen and oxygen atoms in total. The van der Waals surface area contributed by atoms with Crippen LogP contribution in [0.4, 0.5) is 0 Å². The first-order valence-electron chi connectivity index (χ1n) is 7.11. The maximum atomic E-state index is 12.9. The summed E-state index contributed by atoms with van der Waals surface area (Å²) in [5, 5.41) is 7.97. The lowest BCUT2D eigenvalue weighted by Crippen LogP contribution is -2.29. The molecule has 9 heteroatoms. The van der Waals surface area contributed by atoms with Crippen LogP contribution in [-0.4, -0.2) is 45.7 Å². The summed E-state index contributed by atoms with van der Waals surface area (Å²) < 4.78 is 34.0. The van der Waals surface area contributed by atoms with E-state index in [-0.39, 0.29) is 5.92 Å². The van der Waals surface area contributed by atoms with Crippen LogP contribution in [0.15, 0.2) is 9.42 Å². The third kappa shape index (κ3) is 2.34. The number of hydrogen-bond acceptors (Lipinski definition) is 6. The Hall–Kier alpha value is -1.74. The molecule has 1 fully saturated rings. The Balaban J connectivity index is 1.88. The molecule has 0 spiro atoms. The molecule has 0 radical (unpaired) electrons. The van der Waals surface area contributed by atoms with Crippen LogP contribution in [0.5, 0.6) is 0 Å². The van der Waals surface area contributed by atoms with Gasteiger partial charge in [-0.15, -0.1) is 0 Å². The van der Waals surface area contributed by atoms with E-state index in [0.717, 1.165) is 0 Å². The molecule has 0 N–H and O–H groups in total. The molecule has 22 heavy (non-hydrogen) atoms. The van der Waals surface area contributed by atoms with Crippen molar-refractivity contribution >= 4 is 10.0 Å². The molecule has 2 aromatic rings. The first kappa shape index (κ1) is 15.2. The van der Waals surface area contributed by atoms with Crippen molar-refractivity contribution < 1.29 is 12.9 Å². The number of aromatic nitrogens is 4. The zero-order valence-electron chi connectivity index (χ0n) is 13.1. The Bertz CT molecular complexity index is 808. The summed E-state index contributed by atoms with van der Waals surface area (Å²) in [6.07, 6.45) is 0.680. The monoisotopic (exact) mass is 325 g/mol. The number of sulfonamides is 1. The second-order valence-corrected chi connectivity index (χ2v) is 7.53. The van der Waals surface area contributed by atoms with Crippen molar-refractivity contribution in [3.63, 3.8) is 0 Å². The average Bonchev–Trinajstić information content (AvgIpc) is 3.10. The van der Waals surface area contributed by atoms with Gasteiger partial charge in [0.05, 0.1) is 17.3 Å². The molecule has 2 aromatic heterocycles. The Morgan fingerprint density at radius 2 is 2.00 bits per heavy atom. The molecule has 1 unspecified atom stereocenters. The molecule has 3 rings (SSSR count). The van der Waals surface area contributed by atoms with Crippen molar-refractivity contribution in [2.24, 2.45) is 7.05 Å². The lowest BCUT2D eigenvalue weighted by Gasteiger charge is -2.16. The molecule has 120 valence electrons. The molecule has 1 aliphatic rings. The maximum Gasteiger partial charge on any atom is 0.246 e. The van der Waals surface area contributed by atoms with E-state index in [0.29, 0.717) is 47.5 Å². The van der Waals surface area contributed by atoms with Gasteiger partial charge < -0.3 is 4.52 Å². The van der Waals surface area contributed by atoms with Crippen LogP contribution in [0.2, 0.25) is 0 Å². The Morgan fingerprint density at radius 1 is 1.27 bits per heavy atom. The summed E-state index contributed by atoms with van der Waals surface area (Å²) in [4.78, 5) is 4.51. The van der Waals surface area contributed by atoms with E-state index in [1.165, 1.54) is 4.31 Å². The molecule has 0 aromatic carbocycles. The molecular weight excluding hydrogens is 306 g/mol. The van der Waals surface area contributed by atoms with Crippen LogP contribution < -0.4 is 0 Å². The highest BCUT2D eigenvalue weighted by atomic mass is 32.2. The van der Waals surface area contributed by atoms with Crippen LogP contribution in [-0.2, 0) is 17.1 Å². The molecular formula is C13H19N5O3S. The van der Waals surface area contributed by atoms with E-state index in [1.807, 2.05) is 0 Å². The Morgan fingerprint density at radius 3 is 2.55 bits per heavy atom. The van der Waals surface area contributed by atoms with E-state index in [2.05, 4.69) is 15.2 Å². The van der Waals surface area contributed by atoms with Gasteiger partial charge in [-0.2, -0.15) is 14.4 Å². The van der Waals surface area contributed by atoms with Gasteiger partial charge in [-0.1, -0.05) is 5.16 Å². The number of nitrogens with zero attached hydrogens (tertiary/aromatic N) is 5. The van der Waals surface area contributed by atoms with Crippen LogP contribution in [0.3, 0.4) is 0 Å². The van der Waals surface area contributed by atoms with Gasteiger partial charge in [0, 0.05) is 20.1 Å². The van der Waals surface area contributed by atoms with E-state index in [4.69, 9.17) is 4.52 Å². The molecule has 3 heterocycles. The zero-order valence-corrected chi connectivity index (χ0v) is 13.9. The summed E-state index contributed by atoms with van der Waals surface area (Å²) in [6.45, 7) is 6.04. The van der Waals surface area contributed by atoms with Crippen LogP contribution >= 0.6 is 0 Å². The Kier molecular flexibility index (Phi) is 3.56. The highest BCUT2D eigenvalue weighted by molar-refractivity contribution is 7.89. The molecule has 0 saturated carbocycles. The number of aryl methyl sites for hydroxylation is 3. The van der Waals surface area contributed by atoms with Gasteiger partial charge in [0.1, 0.15) is 4.90 Å².